The molecule has 0 aliphatic heterocycles. The molecule has 1 aromatic heterocycles. The summed E-state index contributed by atoms with van der Waals surface area (Å²) in [6, 6.07) is 17.6. The first kappa shape index (κ1) is 27.4. The number of para-hydroxylation sites is 1. The Kier molecular flexibility index (Phi) is 10.1. The summed E-state index contributed by atoms with van der Waals surface area (Å²) < 4.78 is 5.71. The molecular weight excluding hydrogens is 541 g/mol. The molecule has 182 valence electrons. The van der Waals surface area contributed by atoms with Crippen LogP contribution in [-0.4, -0.2) is 35.0 Å². The van der Waals surface area contributed by atoms with Crippen LogP contribution in [0.1, 0.15) is 40.2 Å². The Labute approximate surface area is 218 Å². The molecule has 3 N–H and O–H groups in total. The predicted molar refractivity (Wildman–Crippen MR) is 150 cm³/mol. The summed E-state index contributed by atoms with van der Waals surface area (Å²) in [5, 5.41) is 10.4. The van der Waals surface area contributed by atoms with Crippen LogP contribution in [0, 0.1) is 0 Å². The Morgan fingerprint density at radius 2 is 1.76 bits per heavy atom. The molecule has 0 unspecified atom stereocenters. The van der Waals surface area contributed by atoms with Crippen molar-refractivity contribution in [3.8, 4) is 5.75 Å². The van der Waals surface area contributed by atoms with Gasteiger partial charge in [-0.1, -0.05) is 24.3 Å². The third-order valence-corrected chi connectivity index (χ3v) is 4.54. The maximum Gasteiger partial charge on any atom is 0.239 e. The summed E-state index contributed by atoms with van der Waals surface area (Å²) in [5.74, 6) is 1.20. The van der Waals surface area contributed by atoms with Gasteiger partial charge >= 0.3 is 0 Å². The topological polar surface area (TPSA) is 87.6 Å². The zero-order valence-electron chi connectivity index (χ0n) is 20.4. The van der Waals surface area contributed by atoms with Crippen LogP contribution in [0.2, 0.25) is 0 Å². The van der Waals surface area contributed by atoms with Crippen LogP contribution >= 0.6 is 24.0 Å². The monoisotopic (exact) mass is 575 g/mol. The molecule has 0 radical (unpaired) electrons. The number of pyridine rings is 1. The summed E-state index contributed by atoms with van der Waals surface area (Å²) >= 11 is 0. The van der Waals surface area contributed by atoms with Gasteiger partial charge in [0.05, 0.1) is 24.7 Å². The number of amides is 1. The van der Waals surface area contributed by atoms with Crippen LogP contribution in [0.3, 0.4) is 0 Å². The van der Waals surface area contributed by atoms with Crippen molar-refractivity contribution in [3.63, 3.8) is 0 Å². The van der Waals surface area contributed by atoms with E-state index in [0.717, 1.165) is 27.9 Å². The van der Waals surface area contributed by atoms with E-state index in [2.05, 4.69) is 20.9 Å². The van der Waals surface area contributed by atoms with Gasteiger partial charge in [0.2, 0.25) is 5.91 Å². The summed E-state index contributed by atoms with van der Waals surface area (Å²) in [4.78, 5) is 21.6. The number of anilines is 1. The highest BCUT2D eigenvalue weighted by Gasteiger charge is 2.14. The van der Waals surface area contributed by atoms with Gasteiger partial charge in [0.15, 0.2) is 5.96 Å². The number of hydrogen-bond donors (Lipinski definition) is 3. The number of benzene rings is 2. The molecular formula is C26H34IN5O2. The zero-order chi connectivity index (χ0) is 23.8. The van der Waals surface area contributed by atoms with Crippen molar-refractivity contribution in [1.82, 2.24) is 15.6 Å². The standard InChI is InChI=1S/C26H33N5O2.HI/c1-18(2)33-22-13-11-21(12-14-22)30-25(29-17-23(32)31-26(3,4)5)28-16-20-9-6-8-19-10-7-15-27-24(19)20;/h6-15,18H,16-17H2,1-5H3,(H,31,32)(H2,28,29,30);1H. The van der Waals surface area contributed by atoms with E-state index in [0.29, 0.717) is 12.5 Å². The summed E-state index contributed by atoms with van der Waals surface area (Å²) in [5.41, 5.74) is 2.46. The lowest BCUT2D eigenvalue weighted by atomic mass is 10.1. The highest BCUT2D eigenvalue weighted by atomic mass is 127. The van der Waals surface area contributed by atoms with Crippen LogP contribution in [0.5, 0.6) is 5.75 Å². The number of aliphatic imine (C=N–C) groups is 1. The Hall–Kier alpha value is -2.88. The number of guanidine groups is 1. The Balaban J connectivity index is 0.00000408. The fourth-order valence-electron chi connectivity index (χ4n) is 3.25. The van der Waals surface area contributed by atoms with Crippen molar-refractivity contribution < 1.29 is 9.53 Å². The van der Waals surface area contributed by atoms with E-state index in [1.807, 2.05) is 89.2 Å². The molecule has 1 amide bonds. The molecule has 0 saturated heterocycles. The molecule has 0 saturated carbocycles. The Bertz CT molecular complexity index is 1100. The van der Waals surface area contributed by atoms with Crippen LogP contribution in [-0.2, 0) is 11.3 Å². The number of carbonyl (C=O) groups is 1. The van der Waals surface area contributed by atoms with Crippen LogP contribution in [0.25, 0.3) is 10.9 Å². The molecule has 0 atom stereocenters. The highest BCUT2D eigenvalue weighted by Crippen LogP contribution is 2.18. The Morgan fingerprint density at radius 3 is 2.44 bits per heavy atom. The van der Waals surface area contributed by atoms with Gasteiger partial charge in [-0.2, -0.15) is 0 Å². The minimum absolute atomic E-state index is 0. The van der Waals surface area contributed by atoms with E-state index in [1.54, 1.807) is 6.20 Å². The second-order valence-electron chi connectivity index (χ2n) is 9.12. The lowest BCUT2D eigenvalue weighted by Gasteiger charge is -2.21. The highest BCUT2D eigenvalue weighted by molar-refractivity contribution is 14.0. The molecule has 3 rings (SSSR count). The molecule has 8 heteroatoms. The second kappa shape index (κ2) is 12.5. The van der Waals surface area contributed by atoms with Gasteiger partial charge < -0.3 is 20.7 Å². The van der Waals surface area contributed by atoms with Gasteiger partial charge in [-0.25, -0.2) is 4.99 Å². The summed E-state index contributed by atoms with van der Waals surface area (Å²) in [7, 11) is 0. The molecule has 0 spiro atoms. The largest absolute Gasteiger partial charge is 0.491 e. The maximum absolute atomic E-state index is 12.3. The third kappa shape index (κ3) is 8.81. The predicted octanol–water partition coefficient (Wildman–Crippen LogP) is 5.11. The number of nitrogens with one attached hydrogen (secondary N) is 3. The van der Waals surface area contributed by atoms with Gasteiger partial charge in [0.1, 0.15) is 5.75 Å². The van der Waals surface area contributed by atoms with Gasteiger partial charge in [-0.05, 0) is 70.5 Å². The number of fused-ring (bicyclic) bond motifs is 1. The molecule has 3 aromatic rings. The number of ether oxygens (including phenoxy) is 1. The number of hydrogen-bond acceptors (Lipinski definition) is 4. The lowest BCUT2D eigenvalue weighted by molar-refractivity contribution is -0.121. The molecule has 0 aliphatic carbocycles. The minimum Gasteiger partial charge on any atom is -0.491 e. The van der Waals surface area contributed by atoms with Crippen molar-refractivity contribution in [3.05, 3.63) is 66.4 Å². The fourth-order valence-corrected chi connectivity index (χ4v) is 3.25. The molecule has 34 heavy (non-hydrogen) atoms. The first-order valence-electron chi connectivity index (χ1n) is 11.2. The summed E-state index contributed by atoms with van der Waals surface area (Å²) in [6.07, 6.45) is 1.89. The van der Waals surface area contributed by atoms with E-state index < -0.39 is 0 Å². The summed E-state index contributed by atoms with van der Waals surface area (Å²) in [6.45, 7) is 10.4. The fraction of sp³-hybridized carbons (Fsp3) is 0.346. The normalized spacial score (nSPS) is 11.6. The first-order chi connectivity index (χ1) is 15.7. The van der Waals surface area contributed by atoms with Gasteiger partial charge in [0, 0.05) is 22.8 Å². The maximum atomic E-state index is 12.3. The molecule has 0 aliphatic rings. The lowest BCUT2D eigenvalue weighted by Crippen LogP contribution is -2.46. The van der Waals surface area contributed by atoms with E-state index in [9.17, 15) is 4.79 Å². The number of rotatable bonds is 7. The number of nitrogens with zero attached hydrogens (tertiary/aromatic N) is 2. The Morgan fingerprint density at radius 1 is 1.06 bits per heavy atom. The van der Waals surface area contributed by atoms with Crippen molar-refractivity contribution in [2.45, 2.75) is 52.8 Å². The van der Waals surface area contributed by atoms with Crippen LogP contribution < -0.4 is 20.7 Å². The number of halogens is 1. The van der Waals surface area contributed by atoms with Crippen LogP contribution in [0.4, 0.5) is 5.69 Å². The molecule has 0 fully saturated rings. The number of aromatic nitrogens is 1. The van der Waals surface area contributed by atoms with E-state index >= 15 is 0 Å². The number of carbonyl (C=O) groups excluding carboxylic acids is 1. The second-order valence-corrected chi connectivity index (χ2v) is 9.12. The molecule has 7 nitrogen and oxygen atoms in total. The van der Waals surface area contributed by atoms with E-state index in [4.69, 9.17) is 9.73 Å². The molecule has 0 bridgehead atoms. The van der Waals surface area contributed by atoms with E-state index in [1.165, 1.54) is 0 Å². The van der Waals surface area contributed by atoms with Crippen molar-refractivity contribution >= 4 is 52.4 Å². The van der Waals surface area contributed by atoms with Crippen LogP contribution in [0.15, 0.2) is 65.8 Å². The SMILES string of the molecule is CC(C)Oc1ccc(NC(=NCc2cccc3cccnc23)NCC(=O)NC(C)(C)C)cc1.I. The van der Waals surface area contributed by atoms with Crippen molar-refractivity contribution in [2.75, 3.05) is 11.9 Å². The van der Waals surface area contributed by atoms with Gasteiger partial charge in [0.25, 0.3) is 0 Å². The van der Waals surface area contributed by atoms with Crippen molar-refractivity contribution in [2.24, 2.45) is 4.99 Å². The first-order valence-corrected chi connectivity index (χ1v) is 11.2. The van der Waals surface area contributed by atoms with Gasteiger partial charge in [-0.3, -0.25) is 9.78 Å². The minimum atomic E-state index is -0.301. The third-order valence-electron chi connectivity index (χ3n) is 4.54. The molecule has 2 aromatic carbocycles. The average Bonchev–Trinajstić information content (AvgIpc) is 2.75. The zero-order valence-corrected chi connectivity index (χ0v) is 22.7. The van der Waals surface area contributed by atoms with Crippen molar-refractivity contribution in [1.29, 1.82) is 0 Å². The average molecular weight is 575 g/mol. The smallest absolute Gasteiger partial charge is 0.239 e. The quantitative estimate of drug-likeness (QED) is 0.207. The van der Waals surface area contributed by atoms with Gasteiger partial charge in [-0.15, -0.1) is 24.0 Å². The molecule has 1 heterocycles. The van der Waals surface area contributed by atoms with E-state index in [-0.39, 0.29) is 48.1 Å².